The number of nitro groups is 1. The second-order valence-corrected chi connectivity index (χ2v) is 12.5. The van der Waals surface area contributed by atoms with Crippen molar-refractivity contribution in [2.75, 3.05) is 26.9 Å². The standard InChI is InChI=1S/C35H34BrN3O9S/c1-6-45-28-15-22(11-14-26(28)48-19-21-9-12-23(13-10-21)39(42)43)16-30-33(40)38-32(24-17-27(44-5)29(46-7-2)18-25(24)36)31(34(41)47-8-3)20(4)37-35(38)49-30/h9-18,32H,6-8,19H2,1-5H3/b30-16+/t32-/m1/s1. The number of ether oxygens (including phenoxy) is 5. The van der Waals surface area contributed by atoms with Gasteiger partial charge >= 0.3 is 5.97 Å². The Morgan fingerprint density at radius 2 is 1.67 bits per heavy atom. The Kier molecular flexibility index (Phi) is 11.2. The maximum atomic E-state index is 14.2. The van der Waals surface area contributed by atoms with Crippen LogP contribution in [0.5, 0.6) is 23.0 Å². The zero-order valence-corrected chi connectivity index (χ0v) is 29.9. The van der Waals surface area contributed by atoms with Crippen LogP contribution in [-0.2, 0) is 16.1 Å². The minimum Gasteiger partial charge on any atom is -0.493 e. The number of fused-ring (bicyclic) bond motifs is 1. The first-order chi connectivity index (χ1) is 23.6. The molecule has 0 aliphatic carbocycles. The predicted molar refractivity (Wildman–Crippen MR) is 187 cm³/mol. The van der Waals surface area contributed by atoms with Crippen molar-refractivity contribution in [3.05, 3.63) is 117 Å². The van der Waals surface area contributed by atoms with E-state index in [1.165, 1.54) is 35.1 Å². The molecule has 0 N–H and O–H groups in total. The van der Waals surface area contributed by atoms with Gasteiger partial charge in [-0.25, -0.2) is 9.79 Å². The minimum atomic E-state index is -0.870. The molecule has 1 aromatic heterocycles. The van der Waals surface area contributed by atoms with Crippen LogP contribution in [0.1, 0.15) is 50.4 Å². The smallest absolute Gasteiger partial charge is 0.338 e. The van der Waals surface area contributed by atoms with Gasteiger partial charge in [0.25, 0.3) is 11.2 Å². The van der Waals surface area contributed by atoms with E-state index in [1.807, 2.05) is 13.8 Å². The van der Waals surface area contributed by atoms with Gasteiger partial charge in [0.15, 0.2) is 27.8 Å². The van der Waals surface area contributed by atoms with E-state index >= 15 is 0 Å². The number of allylic oxidation sites excluding steroid dienone is 1. The lowest BCUT2D eigenvalue weighted by molar-refractivity contribution is -0.384. The second kappa shape index (κ2) is 15.5. The molecule has 12 nitrogen and oxygen atoms in total. The molecule has 3 aromatic carbocycles. The summed E-state index contributed by atoms with van der Waals surface area (Å²) in [5, 5.41) is 11.0. The Bertz CT molecular complexity index is 2110. The molecular formula is C35H34BrN3O9S. The zero-order valence-electron chi connectivity index (χ0n) is 27.5. The SMILES string of the molecule is CCOC(=O)C1=C(C)N=c2s/c(=C/c3ccc(OCc4ccc([N+](=O)[O-])cc4)c(OCC)c3)c(=O)n2[C@@H]1c1cc(OC)c(OCC)cc1Br. The second-order valence-electron chi connectivity index (χ2n) is 10.6. The van der Waals surface area contributed by atoms with Gasteiger partial charge in [-0.2, -0.15) is 0 Å². The number of non-ortho nitro benzene ring substituents is 1. The molecule has 0 unspecified atom stereocenters. The van der Waals surface area contributed by atoms with E-state index in [-0.39, 0.29) is 30.0 Å². The first-order valence-corrected chi connectivity index (χ1v) is 17.0. The number of thiazole rings is 1. The monoisotopic (exact) mass is 751 g/mol. The maximum Gasteiger partial charge on any atom is 0.338 e. The molecule has 0 amide bonds. The number of rotatable bonds is 13. The van der Waals surface area contributed by atoms with Gasteiger partial charge in [0, 0.05) is 16.6 Å². The molecule has 0 fully saturated rings. The highest BCUT2D eigenvalue weighted by atomic mass is 79.9. The topological polar surface area (TPSA) is 141 Å². The number of nitro benzene ring substituents is 1. The molecule has 5 rings (SSSR count). The Morgan fingerprint density at radius 1 is 0.980 bits per heavy atom. The van der Waals surface area contributed by atoms with E-state index in [9.17, 15) is 19.7 Å². The lowest BCUT2D eigenvalue weighted by Gasteiger charge is -2.26. The average molecular weight is 753 g/mol. The third-order valence-corrected chi connectivity index (χ3v) is 9.17. The zero-order chi connectivity index (χ0) is 35.2. The molecule has 0 radical (unpaired) electrons. The van der Waals surface area contributed by atoms with Crippen molar-refractivity contribution in [2.24, 2.45) is 4.99 Å². The van der Waals surface area contributed by atoms with Crippen LogP contribution in [-0.4, -0.2) is 42.4 Å². The highest BCUT2D eigenvalue weighted by Gasteiger charge is 2.35. The predicted octanol–water partition coefficient (Wildman–Crippen LogP) is 5.85. The van der Waals surface area contributed by atoms with Gasteiger partial charge < -0.3 is 23.7 Å². The normalized spacial score (nSPS) is 14.2. The lowest BCUT2D eigenvalue weighted by Crippen LogP contribution is -2.40. The van der Waals surface area contributed by atoms with E-state index in [0.717, 1.165) is 5.56 Å². The fourth-order valence-corrected chi connectivity index (χ4v) is 6.89. The van der Waals surface area contributed by atoms with E-state index < -0.39 is 16.9 Å². The van der Waals surface area contributed by atoms with Gasteiger partial charge in [0.05, 0.1) is 53.7 Å². The van der Waals surface area contributed by atoms with Crippen LogP contribution in [0, 0.1) is 10.1 Å². The summed E-state index contributed by atoms with van der Waals surface area (Å²) in [5.74, 6) is 1.32. The van der Waals surface area contributed by atoms with E-state index in [2.05, 4.69) is 20.9 Å². The summed E-state index contributed by atoms with van der Waals surface area (Å²) in [6, 6.07) is 14.1. The van der Waals surface area contributed by atoms with E-state index in [0.29, 0.717) is 66.8 Å². The molecule has 0 saturated carbocycles. The van der Waals surface area contributed by atoms with Crippen molar-refractivity contribution in [2.45, 2.75) is 40.3 Å². The molecule has 1 aliphatic heterocycles. The fourth-order valence-electron chi connectivity index (χ4n) is 5.30. The van der Waals surface area contributed by atoms with Crippen LogP contribution < -0.4 is 33.8 Å². The number of carbonyl (C=O) groups excluding carboxylic acids is 1. The number of methoxy groups -OCH3 is 1. The summed E-state index contributed by atoms with van der Waals surface area (Å²) in [4.78, 5) is 43.2. The van der Waals surface area contributed by atoms with Crippen LogP contribution in [0.25, 0.3) is 6.08 Å². The van der Waals surface area contributed by atoms with E-state index in [4.69, 9.17) is 23.7 Å². The third-order valence-electron chi connectivity index (χ3n) is 7.50. The fraction of sp³-hybridized carbons (Fsp3) is 0.286. The molecule has 0 saturated heterocycles. The first-order valence-electron chi connectivity index (χ1n) is 15.4. The summed E-state index contributed by atoms with van der Waals surface area (Å²) in [6.45, 7) is 8.27. The van der Waals surface area contributed by atoms with Gasteiger partial charge in [0.1, 0.15) is 6.61 Å². The van der Waals surface area contributed by atoms with Crippen molar-refractivity contribution in [1.29, 1.82) is 0 Å². The van der Waals surface area contributed by atoms with Crippen molar-refractivity contribution in [1.82, 2.24) is 4.57 Å². The summed E-state index contributed by atoms with van der Waals surface area (Å²) in [6.07, 6.45) is 1.74. The number of esters is 1. The summed E-state index contributed by atoms with van der Waals surface area (Å²) in [7, 11) is 1.52. The molecule has 0 spiro atoms. The summed E-state index contributed by atoms with van der Waals surface area (Å²) in [5.41, 5.74) is 2.35. The Morgan fingerprint density at radius 3 is 2.31 bits per heavy atom. The summed E-state index contributed by atoms with van der Waals surface area (Å²) < 4.78 is 31.1. The Hall–Kier alpha value is -4.95. The van der Waals surface area contributed by atoms with Crippen LogP contribution in [0.2, 0.25) is 0 Å². The number of hydrogen-bond acceptors (Lipinski definition) is 11. The summed E-state index contributed by atoms with van der Waals surface area (Å²) >= 11 is 4.84. The van der Waals surface area contributed by atoms with Crippen molar-refractivity contribution < 1.29 is 33.4 Å². The van der Waals surface area contributed by atoms with Crippen LogP contribution in [0.4, 0.5) is 5.69 Å². The number of carbonyl (C=O) groups is 1. The van der Waals surface area contributed by atoms with Crippen LogP contribution in [0.15, 0.2) is 80.1 Å². The molecule has 1 atom stereocenters. The van der Waals surface area contributed by atoms with Crippen molar-refractivity contribution in [3.63, 3.8) is 0 Å². The van der Waals surface area contributed by atoms with Gasteiger partial charge in [-0.05, 0) is 86.9 Å². The minimum absolute atomic E-state index is 0.00109. The number of aromatic nitrogens is 1. The molecule has 2 heterocycles. The number of hydrogen-bond donors (Lipinski definition) is 0. The first kappa shape index (κ1) is 35.4. The number of benzene rings is 3. The van der Waals surface area contributed by atoms with Crippen molar-refractivity contribution >= 4 is 45.0 Å². The largest absolute Gasteiger partial charge is 0.493 e. The molecule has 1 aliphatic rings. The van der Waals surface area contributed by atoms with Gasteiger partial charge in [0.2, 0.25) is 0 Å². The quantitative estimate of drug-likeness (QED) is 0.0934. The molecule has 49 heavy (non-hydrogen) atoms. The third kappa shape index (κ3) is 7.55. The molecule has 4 aromatic rings. The molecule has 256 valence electrons. The lowest BCUT2D eigenvalue weighted by atomic mass is 9.95. The van der Waals surface area contributed by atoms with Gasteiger partial charge in [-0.15, -0.1) is 0 Å². The maximum absolute atomic E-state index is 14.2. The Balaban J connectivity index is 1.57. The van der Waals surface area contributed by atoms with Crippen LogP contribution in [0.3, 0.4) is 0 Å². The average Bonchev–Trinajstić information content (AvgIpc) is 3.38. The van der Waals surface area contributed by atoms with Crippen LogP contribution >= 0.6 is 27.3 Å². The van der Waals surface area contributed by atoms with Gasteiger partial charge in [-0.3, -0.25) is 19.5 Å². The highest BCUT2D eigenvalue weighted by Crippen LogP contribution is 2.41. The number of halogens is 1. The van der Waals surface area contributed by atoms with Gasteiger partial charge in [-0.1, -0.05) is 33.3 Å². The number of nitrogens with zero attached hydrogens (tertiary/aromatic N) is 3. The molecular weight excluding hydrogens is 718 g/mol. The van der Waals surface area contributed by atoms with Crippen molar-refractivity contribution in [3.8, 4) is 23.0 Å². The Labute approximate surface area is 294 Å². The molecule has 0 bridgehead atoms. The van der Waals surface area contributed by atoms with E-state index in [1.54, 1.807) is 62.4 Å². The molecule has 14 heteroatoms. The highest BCUT2D eigenvalue weighted by molar-refractivity contribution is 9.10.